The summed E-state index contributed by atoms with van der Waals surface area (Å²) in [7, 11) is 0. The van der Waals surface area contributed by atoms with Crippen LogP contribution in [-0.4, -0.2) is 17.7 Å². The molecule has 130 valence electrons. The highest BCUT2D eigenvalue weighted by molar-refractivity contribution is 9.10. The van der Waals surface area contributed by atoms with Crippen molar-refractivity contribution in [3.8, 4) is 11.3 Å². The lowest BCUT2D eigenvalue weighted by Gasteiger charge is -2.28. The van der Waals surface area contributed by atoms with Crippen LogP contribution < -0.4 is 10.6 Å². The first-order chi connectivity index (χ1) is 12.0. The van der Waals surface area contributed by atoms with Crippen molar-refractivity contribution in [1.82, 2.24) is 10.6 Å². The molecule has 2 aromatic rings. The monoisotopic (exact) mass is 420 g/mol. The van der Waals surface area contributed by atoms with E-state index < -0.39 is 12.0 Å². The summed E-state index contributed by atoms with van der Waals surface area (Å²) in [6, 6.07) is 11.0. The van der Waals surface area contributed by atoms with E-state index in [1.807, 2.05) is 36.4 Å². The minimum absolute atomic E-state index is 0.301. The van der Waals surface area contributed by atoms with Crippen LogP contribution in [0.25, 0.3) is 11.3 Å². The Bertz CT molecular complexity index is 842. The molecule has 0 saturated carbocycles. The number of carbonyl (C=O) groups is 1. The second kappa shape index (κ2) is 7.41. The molecule has 1 unspecified atom stereocenters. The molecule has 2 N–H and O–H groups in total. The summed E-state index contributed by atoms with van der Waals surface area (Å²) in [6.07, 6.45) is 0. The summed E-state index contributed by atoms with van der Waals surface area (Å²) >= 11 is 8.64. The number of hydrogen-bond acceptors (Lipinski definition) is 4. The number of carbonyl (C=O) groups excluding carboxylic acids is 1. The lowest BCUT2D eigenvalue weighted by molar-refractivity contribution is -0.139. The third kappa shape index (κ3) is 3.77. The zero-order valence-electron chi connectivity index (χ0n) is 13.8. The number of benzene rings is 1. The fraction of sp³-hybridized carbons (Fsp3) is 0.222. The average molecular weight is 421 g/mol. The van der Waals surface area contributed by atoms with Gasteiger partial charge in [0, 0.05) is 15.7 Å². The molecule has 2 heterocycles. The fourth-order valence-electron chi connectivity index (χ4n) is 2.66. The number of halogens is 1. The molecule has 0 radical (unpaired) electrons. The van der Waals surface area contributed by atoms with Crippen LogP contribution in [0.15, 0.2) is 56.6 Å². The van der Waals surface area contributed by atoms with Gasteiger partial charge in [0.15, 0.2) is 5.11 Å². The maximum absolute atomic E-state index is 12.4. The Balaban J connectivity index is 1.96. The Labute approximate surface area is 159 Å². The van der Waals surface area contributed by atoms with Gasteiger partial charge in [-0.15, -0.1) is 0 Å². The normalized spacial score (nSPS) is 17.1. The molecule has 0 saturated heterocycles. The van der Waals surface area contributed by atoms with Gasteiger partial charge in [0.1, 0.15) is 17.6 Å². The molecule has 3 rings (SSSR count). The Morgan fingerprint density at radius 3 is 2.68 bits per heavy atom. The predicted molar refractivity (Wildman–Crippen MR) is 103 cm³/mol. The SMILES string of the molecule is CCOC(=O)C1=C(C)NC(=S)NC1c1ccc(-c2ccc(Br)cc2)o1. The molecule has 7 heteroatoms. The van der Waals surface area contributed by atoms with Crippen molar-refractivity contribution in [1.29, 1.82) is 0 Å². The summed E-state index contributed by atoms with van der Waals surface area (Å²) < 4.78 is 12.2. The molecule has 1 atom stereocenters. The number of allylic oxidation sites excluding steroid dienone is 1. The third-order valence-corrected chi connectivity index (χ3v) is 4.55. The number of furan rings is 1. The van der Waals surface area contributed by atoms with Gasteiger partial charge in [-0.05, 0) is 50.3 Å². The minimum Gasteiger partial charge on any atom is -0.463 e. The largest absolute Gasteiger partial charge is 0.463 e. The maximum Gasteiger partial charge on any atom is 0.338 e. The van der Waals surface area contributed by atoms with Crippen LogP contribution in [0.4, 0.5) is 0 Å². The van der Waals surface area contributed by atoms with Crippen molar-refractivity contribution in [2.45, 2.75) is 19.9 Å². The lowest BCUT2D eigenvalue weighted by Crippen LogP contribution is -2.45. The van der Waals surface area contributed by atoms with E-state index >= 15 is 0 Å². The van der Waals surface area contributed by atoms with Gasteiger partial charge in [-0.1, -0.05) is 28.1 Å². The van der Waals surface area contributed by atoms with Gasteiger partial charge in [-0.2, -0.15) is 0 Å². The van der Waals surface area contributed by atoms with Crippen molar-refractivity contribution < 1.29 is 13.9 Å². The standard InChI is InChI=1S/C18H17BrN2O3S/c1-3-23-17(22)15-10(2)20-18(25)21-16(15)14-9-8-13(24-14)11-4-6-12(19)7-5-11/h4-9,16H,3H2,1-2H3,(H2,20,21,25). The van der Waals surface area contributed by atoms with Crippen LogP contribution in [0, 0.1) is 0 Å². The van der Waals surface area contributed by atoms with Gasteiger partial charge < -0.3 is 19.8 Å². The van der Waals surface area contributed by atoms with Gasteiger partial charge in [0.2, 0.25) is 0 Å². The van der Waals surface area contributed by atoms with Crippen molar-refractivity contribution in [3.05, 3.63) is 57.9 Å². The molecular formula is C18H17BrN2O3S. The predicted octanol–water partition coefficient (Wildman–Crippen LogP) is 4.07. The first-order valence-corrected chi connectivity index (χ1v) is 9.00. The quantitative estimate of drug-likeness (QED) is 0.574. The van der Waals surface area contributed by atoms with E-state index in [1.54, 1.807) is 13.8 Å². The molecule has 1 aromatic heterocycles. The van der Waals surface area contributed by atoms with Crippen molar-refractivity contribution in [3.63, 3.8) is 0 Å². The van der Waals surface area contributed by atoms with Gasteiger partial charge >= 0.3 is 5.97 Å². The van der Waals surface area contributed by atoms with Crippen molar-refractivity contribution >= 4 is 39.2 Å². The summed E-state index contributed by atoms with van der Waals surface area (Å²) in [4.78, 5) is 12.4. The van der Waals surface area contributed by atoms with Crippen molar-refractivity contribution in [2.75, 3.05) is 6.61 Å². The zero-order chi connectivity index (χ0) is 18.0. The van der Waals surface area contributed by atoms with Gasteiger partial charge in [0.25, 0.3) is 0 Å². The molecule has 1 aliphatic rings. The highest BCUT2D eigenvalue weighted by Crippen LogP contribution is 2.32. The molecule has 1 aliphatic heterocycles. The van der Waals surface area contributed by atoms with E-state index in [9.17, 15) is 4.79 Å². The van der Waals surface area contributed by atoms with Gasteiger partial charge in [-0.25, -0.2) is 4.79 Å². The first-order valence-electron chi connectivity index (χ1n) is 7.80. The summed E-state index contributed by atoms with van der Waals surface area (Å²) in [6.45, 7) is 3.87. The lowest BCUT2D eigenvalue weighted by atomic mass is 10.0. The summed E-state index contributed by atoms with van der Waals surface area (Å²) in [5.74, 6) is 0.924. The third-order valence-electron chi connectivity index (χ3n) is 3.80. The smallest absolute Gasteiger partial charge is 0.338 e. The Morgan fingerprint density at radius 1 is 1.28 bits per heavy atom. The van der Waals surface area contributed by atoms with Crippen LogP contribution in [0.2, 0.25) is 0 Å². The molecule has 25 heavy (non-hydrogen) atoms. The molecule has 0 spiro atoms. The van der Waals surface area contributed by atoms with E-state index in [0.29, 0.717) is 28.7 Å². The summed E-state index contributed by atoms with van der Waals surface area (Å²) in [5, 5.41) is 6.49. The van der Waals surface area contributed by atoms with Crippen molar-refractivity contribution in [2.24, 2.45) is 0 Å². The second-order valence-electron chi connectivity index (χ2n) is 5.50. The number of esters is 1. The Morgan fingerprint density at radius 2 is 2.00 bits per heavy atom. The highest BCUT2D eigenvalue weighted by atomic mass is 79.9. The van der Waals surface area contributed by atoms with E-state index in [0.717, 1.165) is 15.8 Å². The van der Waals surface area contributed by atoms with E-state index in [1.165, 1.54) is 0 Å². The number of hydrogen-bond donors (Lipinski definition) is 2. The Hall–Kier alpha value is -2.12. The van der Waals surface area contributed by atoms with Crippen LogP contribution >= 0.6 is 28.1 Å². The molecule has 0 bridgehead atoms. The minimum atomic E-state index is -0.489. The number of nitrogens with one attached hydrogen (secondary N) is 2. The number of ether oxygens (including phenoxy) is 1. The van der Waals surface area contributed by atoms with Gasteiger partial charge in [-0.3, -0.25) is 0 Å². The molecule has 1 aromatic carbocycles. The van der Waals surface area contributed by atoms with Crippen LogP contribution in [0.1, 0.15) is 25.6 Å². The van der Waals surface area contributed by atoms with E-state index in [2.05, 4.69) is 26.6 Å². The zero-order valence-corrected chi connectivity index (χ0v) is 16.2. The van der Waals surface area contributed by atoms with Crippen LogP contribution in [0.3, 0.4) is 0 Å². The Kier molecular flexibility index (Phi) is 5.24. The van der Waals surface area contributed by atoms with Crippen LogP contribution in [0.5, 0.6) is 0 Å². The fourth-order valence-corrected chi connectivity index (χ4v) is 3.20. The highest BCUT2D eigenvalue weighted by Gasteiger charge is 2.33. The molecule has 0 aliphatic carbocycles. The van der Waals surface area contributed by atoms with E-state index in [4.69, 9.17) is 21.4 Å². The van der Waals surface area contributed by atoms with Crippen LogP contribution in [-0.2, 0) is 9.53 Å². The maximum atomic E-state index is 12.4. The summed E-state index contributed by atoms with van der Waals surface area (Å²) in [5.41, 5.74) is 2.07. The van der Waals surface area contributed by atoms with E-state index in [-0.39, 0.29) is 0 Å². The second-order valence-corrected chi connectivity index (χ2v) is 6.82. The topological polar surface area (TPSA) is 63.5 Å². The number of thiocarbonyl (C=S) groups is 1. The van der Waals surface area contributed by atoms with Gasteiger partial charge in [0.05, 0.1) is 12.2 Å². The molecular weight excluding hydrogens is 404 g/mol. The average Bonchev–Trinajstić information content (AvgIpc) is 3.04. The molecule has 5 nitrogen and oxygen atoms in total. The molecule has 0 fully saturated rings. The number of rotatable bonds is 4. The molecule has 0 amide bonds. The first kappa shape index (κ1) is 17.7.